The molecule has 2 aliphatic rings. The van der Waals surface area contributed by atoms with Crippen LogP contribution in [-0.2, 0) is 11.2 Å². The molecule has 1 N–H and O–H groups in total. The van der Waals surface area contributed by atoms with Crippen LogP contribution in [0.15, 0.2) is 18.2 Å². The lowest BCUT2D eigenvalue weighted by atomic mass is 9.83. The minimum Gasteiger partial charge on any atom is -0.443 e. The molecule has 3 rings (SSSR count). The van der Waals surface area contributed by atoms with Gasteiger partial charge in [0.2, 0.25) is 0 Å². The second-order valence-electron chi connectivity index (χ2n) is 6.61. The summed E-state index contributed by atoms with van der Waals surface area (Å²) in [6.45, 7) is 5.50. The van der Waals surface area contributed by atoms with Crippen molar-refractivity contribution in [3.63, 3.8) is 0 Å². The van der Waals surface area contributed by atoms with Gasteiger partial charge >= 0.3 is 6.09 Å². The molecule has 4 heteroatoms. The predicted octanol–water partition coefficient (Wildman–Crippen LogP) is 3.18. The molecule has 0 fully saturated rings. The van der Waals surface area contributed by atoms with Gasteiger partial charge in [0.1, 0.15) is 11.8 Å². The molecule has 1 aliphatic heterocycles. The number of anilines is 1. The highest BCUT2D eigenvalue weighted by molar-refractivity contribution is 5.92. The van der Waals surface area contributed by atoms with Gasteiger partial charge in [0.15, 0.2) is 0 Å². The van der Waals surface area contributed by atoms with E-state index in [9.17, 15) is 9.90 Å². The number of amides is 1. The van der Waals surface area contributed by atoms with Gasteiger partial charge in [0, 0.05) is 5.92 Å². The number of ether oxygens (including phenoxy) is 1. The first-order chi connectivity index (χ1) is 9.38. The van der Waals surface area contributed by atoms with Crippen LogP contribution in [0.1, 0.15) is 50.7 Å². The number of aliphatic hydroxyl groups is 1. The third kappa shape index (κ3) is 2.08. The Kier molecular flexibility index (Phi) is 3.01. The number of aryl methyl sites for hydroxylation is 1. The largest absolute Gasteiger partial charge is 0.443 e. The summed E-state index contributed by atoms with van der Waals surface area (Å²) in [4.78, 5) is 13.8. The highest BCUT2D eigenvalue weighted by atomic mass is 16.6. The first kappa shape index (κ1) is 13.4. The number of aliphatic hydroxyl groups excluding tert-OH is 1. The van der Waals surface area contributed by atoms with E-state index in [4.69, 9.17) is 4.74 Å². The van der Waals surface area contributed by atoms with E-state index in [0.717, 1.165) is 30.5 Å². The van der Waals surface area contributed by atoms with Crippen molar-refractivity contribution in [2.75, 3.05) is 4.90 Å². The Balaban J connectivity index is 1.99. The molecule has 1 aromatic rings. The molecule has 108 valence electrons. The zero-order valence-electron chi connectivity index (χ0n) is 12.2. The maximum Gasteiger partial charge on any atom is 0.416 e. The van der Waals surface area contributed by atoms with Gasteiger partial charge in [-0.05, 0) is 57.2 Å². The van der Waals surface area contributed by atoms with E-state index < -0.39 is 17.9 Å². The van der Waals surface area contributed by atoms with Crippen molar-refractivity contribution in [2.24, 2.45) is 0 Å². The van der Waals surface area contributed by atoms with E-state index in [2.05, 4.69) is 6.07 Å². The van der Waals surface area contributed by atoms with Gasteiger partial charge in [0.25, 0.3) is 0 Å². The van der Waals surface area contributed by atoms with Gasteiger partial charge in [0.05, 0.1) is 5.69 Å². The number of nitrogens with zero attached hydrogens (tertiary/aromatic N) is 1. The number of hydrogen-bond donors (Lipinski definition) is 1. The van der Waals surface area contributed by atoms with Crippen LogP contribution in [0, 0.1) is 0 Å². The summed E-state index contributed by atoms with van der Waals surface area (Å²) in [6, 6.07) is 5.94. The fraction of sp³-hybridized carbons (Fsp3) is 0.562. The summed E-state index contributed by atoms with van der Waals surface area (Å²) in [5, 5.41) is 10.5. The molecule has 0 bridgehead atoms. The van der Waals surface area contributed by atoms with E-state index in [-0.39, 0.29) is 5.92 Å². The van der Waals surface area contributed by atoms with Crippen molar-refractivity contribution in [3.8, 4) is 0 Å². The first-order valence-electron chi connectivity index (χ1n) is 7.20. The van der Waals surface area contributed by atoms with Gasteiger partial charge in [-0.3, -0.25) is 4.90 Å². The average molecular weight is 275 g/mol. The quantitative estimate of drug-likeness (QED) is 0.791. The van der Waals surface area contributed by atoms with E-state index in [1.54, 1.807) is 0 Å². The number of hydrogen-bond acceptors (Lipinski definition) is 3. The SMILES string of the molecule is CC(C)(C)OC(=O)N1c2cccc3c2C(CCC3)C1O. The van der Waals surface area contributed by atoms with Gasteiger partial charge in [-0.1, -0.05) is 12.1 Å². The Labute approximate surface area is 119 Å². The normalized spacial score (nSPS) is 24.5. The Hall–Kier alpha value is -1.55. The van der Waals surface area contributed by atoms with Crippen LogP contribution in [0.5, 0.6) is 0 Å². The first-order valence-corrected chi connectivity index (χ1v) is 7.20. The van der Waals surface area contributed by atoms with Crippen LogP contribution in [0.25, 0.3) is 0 Å². The molecular formula is C16H21NO3. The van der Waals surface area contributed by atoms with Crippen molar-refractivity contribution in [2.45, 2.75) is 57.8 Å². The molecule has 2 atom stereocenters. The van der Waals surface area contributed by atoms with E-state index in [1.165, 1.54) is 10.5 Å². The summed E-state index contributed by atoms with van der Waals surface area (Å²) in [6.07, 6.45) is 1.73. The molecule has 20 heavy (non-hydrogen) atoms. The summed E-state index contributed by atoms with van der Waals surface area (Å²) in [5.74, 6) is 0.0301. The second-order valence-corrected chi connectivity index (χ2v) is 6.61. The van der Waals surface area contributed by atoms with Crippen molar-refractivity contribution in [1.29, 1.82) is 0 Å². The number of carbonyl (C=O) groups is 1. The van der Waals surface area contributed by atoms with Crippen LogP contribution < -0.4 is 4.90 Å². The third-order valence-corrected chi connectivity index (χ3v) is 3.98. The van der Waals surface area contributed by atoms with Crippen molar-refractivity contribution in [3.05, 3.63) is 29.3 Å². The Morgan fingerprint density at radius 3 is 2.85 bits per heavy atom. The van der Waals surface area contributed by atoms with Gasteiger partial charge in [-0.25, -0.2) is 4.79 Å². The average Bonchev–Trinajstić information content (AvgIpc) is 2.63. The molecule has 4 nitrogen and oxygen atoms in total. The number of benzene rings is 1. The van der Waals surface area contributed by atoms with Crippen molar-refractivity contribution >= 4 is 11.8 Å². The maximum absolute atomic E-state index is 12.4. The van der Waals surface area contributed by atoms with Gasteiger partial charge in [-0.15, -0.1) is 0 Å². The summed E-state index contributed by atoms with van der Waals surface area (Å²) in [5.41, 5.74) is 2.64. The maximum atomic E-state index is 12.4. The van der Waals surface area contributed by atoms with E-state index >= 15 is 0 Å². The number of rotatable bonds is 0. The minimum atomic E-state index is -0.804. The lowest BCUT2D eigenvalue weighted by Crippen LogP contribution is -2.42. The fourth-order valence-electron chi connectivity index (χ4n) is 3.25. The van der Waals surface area contributed by atoms with Crippen LogP contribution >= 0.6 is 0 Å². The molecular weight excluding hydrogens is 254 g/mol. The van der Waals surface area contributed by atoms with Crippen molar-refractivity contribution in [1.82, 2.24) is 0 Å². The molecule has 1 amide bonds. The highest BCUT2D eigenvalue weighted by Crippen LogP contribution is 2.47. The summed E-state index contributed by atoms with van der Waals surface area (Å²) >= 11 is 0. The lowest BCUT2D eigenvalue weighted by Gasteiger charge is -2.28. The molecule has 0 saturated carbocycles. The van der Waals surface area contributed by atoms with E-state index in [1.807, 2.05) is 32.9 Å². The Morgan fingerprint density at radius 2 is 2.15 bits per heavy atom. The van der Waals surface area contributed by atoms with Crippen LogP contribution in [0.4, 0.5) is 10.5 Å². The molecule has 0 aromatic heterocycles. The molecule has 0 spiro atoms. The zero-order chi connectivity index (χ0) is 14.5. The predicted molar refractivity (Wildman–Crippen MR) is 76.8 cm³/mol. The monoisotopic (exact) mass is 275 g/mol. The van der Waals surface area contributed by atoms with Crippen LogP contribution in [0.2, 0.25) is 0 Å². The van der Waals surface area contributed by atoms with Gasteiger partial charge in [-0.2, -0.15) is 0 Å². The van der Waals surface area contributed by atoms with Crippen LogP contribution in [-0.4, -0.2) is 23.0 Å². The fourth-order valence-corrected chi connectivity index (χ4v) is 3.25. The lowest BCUT2D eigenvalue weighted by molar-refractivity contribution is 0.0458. The highest BCUT2D eigenvalue weighted by Gasteiger charge is 2.44. The summed E-state index contributed by atoms with van der Waals surface area (Å²) in [7, 11) is 0. The molecule has 1 heterocycles. The van der Waals surface area contributed by atoms with Crippen molar-refractivity contribution < 1.29 is 14.6 Å². The van der Waals surface area contributed by atoms with Gasteiger partial charge < -0.3 is 9.84 Å². The topological polar surface area (TPSA) is 49.8 Å². The Morgan fingerprint density at radius 1 is 1.40 bits per heavy atom. The number of carbonyl (C=O) groups excluding carboxylic acids is 1. The minimum absolute atomic E-state index is 0.0301. The Bertz CT molecular complexity index is 547. The molecule has 1 aliphatic carbocycles. The molecule has 0 saturated heterocycles. The summed E-state index contributed by atoms with van der Waals surface area (Å²) < 4.78 is 5.43. The molecule has 2 unspecified atom stereocenters. The smallest absolute Gasteiger partial charge is 0.416 e. The molecule has 0 radical (unpaired) electrons. The standard InChI is InChI=1S/C16H21NO3/c1-16(2,3)20-15(19)17-12-9-5-7-10-6-4-8-11(13(10)12)14(17)18/h5,7,9,11,14,18H,4,6,8H2,1-3H3. The van der Waals surface area contributed by atoms with Crippen LogP contribution in [0.3, 0.4) is 0 Å². The zero-order valence-corrected chi connectivity index (χ0v) is 12.2. The molecule has 1 aromatic carbocycles. The van der Waals surface area contributed by atoms with E-state index in [0.29, 0.717) is 0 Å². The second kappa shape index (κ2) is 4.48. The third-order valence-electron chi connectivity index (χ3n) is 3.98.